The largest absolute Gasteiger partial charge is 0.385 e. The van der Waals surface area contributed by atoms with Crippen LogP contribution in [0.1, 0.15) is 49.0 Å². The Morgan fingerprint density at radius 3 is 2.89 bits per heavy atom. The molecule has 0 aliphatic carbocycles. The Morgan fingerprint density at radius 2 is 2.16 bits per heavy atom. The molecule has 0 saturated carbocycles. The highest BCUT2D eigenvalue weighted by molar-refractivity contribution is 5.95. The Kier molecular flexibility index (Phi) is 4.83. The van der Waals surface area contributed by atoms with E-state index in [1.165, 1.54) is 11.3 Å². The molecule has 0 spiro atoms. The fourth-order valence-electron chi connectivity index (χ4n) is 2.53. The van der Waals surface area contributed by atoms with Gasteiger partial charge in [0.2, 0.25) is 0 Å². The highest BCUT2D eigenvalue weighted by Gasteiger charge is 2.13. The van der Waals surface area contributed by atoms with E-state index in [2.05, 4.69) is 24.5 Å². The lowest BCUT2D eigenvalue weighted by Crippen LogP contribution is -2.29. The molecule has 0 unspecified atom stereocenters. The van der Waals surface area contributed by atoms with Gasteiger partial charge in [-0.05, 0) is 42.5 Å². The van der Waals surface area contributed by atoms with Crippen LogP contribution in [0, 0.1) is 5.92 Å². The van der Waals surface area contributed by atoms with E-state index in [4.69, 9.17) is 0 Å². The Bertz CT molecular complexity index is 438. The molecule has 1 aromatic rings. The minimum atomic E-state index is 0.0558. The number of nitrogens with one attached hydrogen (secondary N) is 2. The Hall–Kier alpha value is -1.51. The monoisotopic (exact) mass is 260 g/mol. The van der Waals surface area contributed by atoms with Crippen molar-refractivity contribution in [3.63, 3.8) is 0 Å². The van der Waals surface area contributed by atoms with Crippen molar-refractivity contribution in [3.05, 3.63) is 29.3 Å². The molecule has 0 aromatic heterocycles. The smallest absolute Gasteiger partial charge is 0.251 e. The SMILES string of the molecule is CCC(CC)CNC(=O)c1ccc2c(c1)CCCN2. The first kappa shape index (κ1) is 13.9. The van der Waals surface area contributed by atoms with E-state index in [-0.39, 0.29) is 5.91 Å². The highest BCUT2D eigenvalue weighted by atomic mass is 16.1. The molecule has 19 heavy (non-hydrogen) atoms. The Labute approximate surface area is 115 Å². The van der Waals surface area contributed by atoms with Crippen molar-refractivity contribution < 1.29 is 4.79 Å². The molecule has 1 aliphatic heterocycles. The minimum Gasteiger partial charge on any atom is -0.385 e. The van der Waals surface area contributed by atoms with Crippen LogP contribution in [-0.2, 0) is 6.42 Å². The number of hydrogen-bond acceptors (Lipinski definition) is 2. The number of rotatable bonds is 5. The molecule has 104 valence electrons. The van der Waals surface area contributed by atoms with Gasteiger partial charge in [0.15, 0.2) is 0 Å². The van der Waals surface area contributed by atoms with Gasteiger partial charge in [0, 0.05) is 24.3 Å². The van der Waals surface area contributed by atoms with Crippen LogP contribution < -0.4 is 10.6 Å². The molecule has 0 saturated heterocycles. The zero-order valence-electron chi connectivity index (χ0n) is 12.0. The van der Waals surface area contributed by atoms with Crippen molar-refractivity contribution in [2.24, 2.45) is 5.92 Å². The molecule has 1 aliphatic rings. The maximum absolute atomic E-state index is 12.1. The first-order valence-electron chi connectivity index (χ1n) is 7.39. The molecule has 0 atom stereocenters. The summed E-state index contributed by atoms with van der Waals surface area (Å²) in [5, 5.41) is 6.41. The summed E-state index contributed by atoms with van der Waals surface area (Å²) in [4.78, 5) is 12.1. The van der Waals surface area contributed by atoms with Crippen molar-refractivity contribution in [3.8, 4) is 0 Å². The van der Waals surface area contributed by atoms with E-state index < -0.39 is 0 Å². The number of aryl methyl sites for hydroxylation is 1. The number of hydrogen-bond donors (Lipinski definition) is 2. The minimum absolute atomic E-state index is 0.0558. The van der Waals surface area contributed by atoms with Gasteiger partial charge in [0.25, 0.3) is 5.91 Å². The summed E-state index contributed by atoms with van der Waals surface area (Å²) in [6, 6.07) is 5.98. The number of carbonyl (C=O) groups excluding carboxylic acids is 1. The van der Waals surface area contributed by atoms with Crippen molar-refractivity contribution in [1.82, 2.24) is 5.32 Å². The molecule has 0 radical (unpaired) electrons. The summed E-state index contributed by atoms with van der Waals surface area (Å²) in [5.41, 5.74) is 3.23. The first-order valence-corrected chi connectivity index (χ1v) is 7.39. The number of fused-ring (bicyclic) bond motifs is 1. The zero-order valence-corrected chi connectivity index (χ0v) is 12.0. The fraction of sp³-hybridized carbons (Fsp3) is 0.562. The fourth-order valence-corrected chi connectivity index (χ4v) is 2.53. The number of anilines is 1. The van der Waals surface area contributed by atoms with Crippen molar-refractivity contribution >= 4 is 11.6 Å². The van der Waals surface area contributed by atoms with E-state index in [9.17, 15) is 4.79 Å². The van der Waals surface area contributed by atoms with Gasteiger partial charge in [-0.1, -0.05) is 26.7 Å². The van der Waals surface area contributed by atoms with Crippen LogP contribution in [0.4, 0.5) is 5.69 Å². The predicted molar refractivity (Wildman–Crippen MR) is 79.7 cm³/mol. The maximum atomic E-state index is 12.1. The van der Waals surface area contributed by atoms with Crippen molar-refractivity contribution in [2.45, 2.75) is 39.5 Å². The van der Waals surface area contributed by atoms with Gasteiger partial charge >= 0.3 is 0 Å². The van der Waals surface area contributed by atoms with Crippen molar-refractivity contribution in [1.29, 1.82) is 0 Å². The third kappa shape index (κ3) is 3.49. The van der Waals surface area contributed by atoms with E-state index >= 15 is 0 Å². The quantitative estimate of drug-likeness (QED) is 0.853. The second-order valence-electron chi connectivity index (χ2n) is 5.29. The molecule has 1 amide bonds. The summed E-state index contributed by atoms with van der Waals surface area (Å²) in [6.07, 6.45) is 4.44. The highest BCUT2D eigenvalue weighted by Crippen LogP contribution is 2.22. The van der Waals surface area contributed by atoms with Gasteiger partial charge in [0.05, 0.1) is 0 Å². The predicted octanol–water partition coefficient (Wildman–Crippen LogP) is 3.21. The van der Waals surface area contributed by atoms with Crippen LogP contribution in [0.2, 0.25) is 0 Å². The molecule has 3 heteroatoms. The van der Waals surface area contributed by atoms with E-state index in [0.29, 0.717) is 5.92 Å². The molecular weight excluding hydrogens is 236 g/mol. The lowest BCUT2D eigenvalue weighted by molar-refractivity contribution is 0.0946. The van der Waals surface area contributed by atoms with Gasteiger partial charge in [0.1, 0.15) is 0 Å². The molecular formula is C16H24N2O. The summed E-state index contributed by atoms with van der Waals surface area (Å²) in [5.74, 6) is 0.642. The van der Waals surface area contributed by atoms with E-state index in [1.54, 1.807) is 0 Å². The molecule has 2 N–H and O–H groups in total. The summed E-state index contributed by atoms with van der Waals surface area (Å²) < 4.78 is 0. The average Bonchev–Trinajstić information content (AvgIpc) is 2.47. The molecule has 0 fully saturated rings. The molecule has 3 nitrogen and oxygen atoms in total. The van der Waals surface area contributed by atoms with Gasteiger partial charge < -0.3 is 10.6 Å². The topological polar surface area (TPSA) is 41.1 Å². The second-order valence-corrected chi connectivity index (χ2v) is 5.29. The normalized spacial score (nSPS) is 13.8. The van der Waals surface area contributed by atoms with Crippen LogP contribution in [-0.4, -0.2) is 19.0 Å². The van der Waals surface area contributed by atoms with Crippen LogP contribution in [0.5, 0.6) is 0 Å². The van der Waals surface area contributed by atoms with Crippen molar-refractivity contribution in [2.75, 3.05) is 18.4 Å². The Balaban J connectivity index is 1.99. The number of amides is 1. The van der Waals surface area contributed by atoms with Crippen LogP contribution in [0.15, 0.2) is 18.2 Å². The van der Waals surface area contributed by atoms with Crippen LogP contribution in [0.25, 0.3) is 0 Å². The molecule has 1 heterocycles. The lowest BCUT2D eigenvalue weighted by atomic mass is 10.00. The van der Waals surface area contributed by atoms with Crippen LogP contribution in [0.3, 0.4) is 0 Å². The zero-order chi connectivity index (χ0) is 13.7. The summed E-state index contributed by atoms with van der Waals surface area (Å²) in [7, 11) is 0. The third-order valence-electron chi connectivity index (χ3n) is 4.01. The summed E-state index contributed by atoms with van der Waals surface area (Å²) in [6.45, 7) is 6.16. The number of benzene rings is 1. The molecule has 0 bridgehead atoms. The molecule has 2 rings (SSSR count). The lowest BCUT2D eigenvalue weighted by Gasteiger charge is -2.19. The van der Waals surface area contributed by atoms with Crippen LogP contribution >= 0.6 is 0 Å². The van der Waals surface area contributed by atoms with Gasteiger partial charge in [-0.15, -0.1) is 0 Å². The van der Waals surface area contributed by atoms with Gasteiger partial charge in [-0.2, -0.15) is 0 Å². The van der Waals surface area contributed by atoms with E-state index in [0.717, 1.165) is 44.3 Å². The molecule has 1 aromatic carbocycles. The third-order valence-corrected chi connectivity index (χ3v) is 4.01. The second kappa shape index (κ2) is 6.60. The maximum Gasteiger partial charge on any atom is 0.251 e. The van der Waals surface area contributed by atoms with Gasteiger partial charge in [-0.25, -0.2) is 0 Å². The first-order chi connectivity index (χ1) is 9.24. The number of carbonyl (C=O) groups is 1. The Morgan fingerprint density at radius 1 is 1.37 bits per heavy atom. The average molecular weight is 260 g/mol. The standard InChI is InChI=1S/C16H24N2O/c1-3-12(4-2)11-18-16(19)14-7-8-15-13(10-14)6-5-9-17-15/h7-8,10,12,17H,3-6,9,11H2,1-2H3,(H,18,19). The van der Waals surface area contributed by atoms with E-state index in [1.807, 2.05) is 18.2 Å². The van der Waals surface area contributed by atoms with Gasteiger partial charge in [-0.3, -0.25) is 4.79 Å². The summed E-state index contributed by atoms with van der Waals surface area (Å²) >= 11 is 0.